The predicted molar refractivity (Wildman–Crippen MR) is 61.7 cm³/mol. The highest BCUT2D eigenvalue weighted by molar-refractivity contribution is 5.21. The quantitative estimate of drug-likeness (QED) is 0.836. The highest BCUT2D eigenvalue weighted by Crippen LogP contribution is 2.32. The minimum atomic E-state index is -0.434. The van der Waals surface area contributed by atoms with Crippen LogP contribution in [0.15, 0.2) is 18.5 Å². The number of pyridine rings is 1. The summed E-state index contributed by atoms with van der Waals surface area (Å²) in [4.78, 5) is 3.75. The molecule has 1 aromatic rings. The predicted octanol–water partition coefficient (Wildman–Crippen LogP) is 2.30. The second kappa shape index (κ2) is 5.37. The minimum Gasteiger partial charge on any atom is -0.377 e. The van der Waals surface area contributed by atoms with E-state index in [9.17, 15) is 4.39 Å². The zero-order valence-electron chi connectivity index (χ0n) is 10.2. The Bertz CT molecular complexity index is 340. The molecule has 0 radical (unpaired) electrons. The van der Waals surface area contributed by atoms with E-state index in [0.29, 0.717) is 5.56 Å². The van der Waals surface area contributed by atoms with E-state index in [1.165, 1.54) is 6.20 Å². The molecule has 2 unspecified atom stereocenters. The Balaban J connectivity index is 3.12. The number of hydrogen-bond donors (Lipinski definition) is 1. The van der Waals surface area contributed by atoms with Crippen LogP contribution in [0.3, 0.4) is 0 Å². The number of likely N-dealkylation sites (N-methyl/N-ethyl adjacent to an activating group) is 1. The van der Waals surface area contributed by atoms with Gasteiger partial charge in [-0.2, -0.15) is 0 Å². The van der Waals surface area contributed by atoms with Gasteiger partial charge < -0.3 is 10.1 Å². The van der Waals surface area contributed by atoms with Crippen LogP contribution >= 0.6 is 0 Å². The van der Waals surface area contributed by atoms with Gasteiger partial charge in [-0.15, -0.1) is 0 Å². The maximum Gasteiger partial charge on any atom is 0.146 e. The smallest absolute Gasteiger partial charge is 0.146 e. The number of aromatic nitrogens is 1. The molecular formula is C12H19FN2O. The molecule has 1 N–H and O–H groups in total. The van der Waals surface area contributed by atoms with E-state index in [1.54, 1.807) is 26.4 Å². The summed E-state index contributed by atoms with van der Waals surface area (Å²) in [6, 6.07) is 1.49. The molecule has 3 nitrogen and oxygen atoms in total. The normalized spacial score (nSPS) is 16.8. The van der Waals surface area contributed by atoms with E-state index >= 15 is 0 Å². The first kappa shape index (κ1) is 13.1. The number of methoxy groups -OCH3 is 1. The zero-order valence-corrected chi connectivity index (χ0v) is 10.2. The fraction of sp³-hybridized carbons (Fsp3) is 0.583. The van der Waals surface area contributed by atoms with Gasteiger partial charge in [0.15, 0.2) is 0 Å². The third-order valence-corrected chi connectivity index (χ3v) is 3.18. The van der Waals surface area contributed by atoms with E-state index in [0.717, 1.165) is 6.42 Å². The van der Waals surface area contributed by atoms with Gasteiger partial charge in [0.2, 0.25) is 0 Å². The second-order valence-corrected chi connectivity index (χ2v) is 3.99. The van der Waals surface area contributed by atoms with E-state index in [1.807, 2.05) is 13.8 Å². The van der Waals surface area contributed by atoms with Gasteiger partial charge in [-0.1, -0.05) is 6.92 Å². The number of halogens is 1. The van der Waals surface area contributed by atoms with E-state index in [2.05, 4.69) is 10.3 Å². The molecule has 0 fully saturated rings. The first-order valence-electron chi connectivity index (χ1n) is 5.41. The van der Waals surface area contributed by atoms with Crippen LogP contribution in [0.4, 0.5) is 4.39 Å². The van der Waals surface area contributed by atoms with Crippen molar-refractivity contribution in [2.75, 3.05) is 14.2 Å². The van der Waals surface area contributed by atoms with Gasteiger partial charge in [-0.25, -0.2) is 4.39 Å². The molecule has 0 spiro atoms. The van der Waals surface area contributed by atoms with Gasteiger partial charge in [0.1, 0.15) is 5.82 Å². The van der Waals surface area contributed by atoms with E-state index in [4.69, 9.17) is 4.74 Å². The van der Waals surface area contributed by atoms with Crippen LogP contribution < -0.4 is 5.32 Å². The fourth-order valence-electron chi connectivity index (χ4n) is 1.88. The van der Waals surface area contributed by atoms with Crippen molar-refractivity contribution in [3.8, 4) is 0 Å². The topological polar surface area (TPSA) is 34.1 Å². The summed E-state index contributed by atoms with van der Waals surface area (Å²) in [5.41, 5.74) is 0.153. The Kier molecular flexibility index (Phi) is 4.38. The Morgan fingerprint density at radius 3 is 2.75 bits per heavy atom. The molecule has 4 heteroatoms. The molecule has 0 aromatic carbocycles. The first-order valence-corrected chi connectivity index (χ1v) is 5.41. The Morgan fingerprint density at radius 2 is 2.31 bits per heavy atom. The van der Waals surface area contributed by atoms with Gasteiger partial charge in [0.25, 0.3) is 0 Å². The van der Waals surface area contributed by atoms with Crippen LogP contribution in [0.1, 0.15) is 31.9 Å². The lowest BCUT2D eigenvalue weighted by atomic mass is 9.88. The van der Waals surface area contributed by atoms with Crippen LogP contribution in [0, 0.1) is 5.82 Å². The number of nitrogens with one attached hydrogen (secondary N) is 1. The second-order valence-electron chi connectivity index (χ2n) is 3.99. The summed E-state index contributed by atoms with van der Waals surface area (Å²) < 4.78 is 19.2. The van der Waals surface area contributed by atoms with Gasteiger partial charge >= 0.3 is 0 Å². The van der Waals surface area contributed by atoms with Crippen LogP contribution in [-0.4, -0.2) is 24.7 Å². The number of nitrogens with zero attached hydrogens (tertiary/aromatic N) is 1. The molecule has 1 aromatic heterocycles. The highest BCUT2D eigenvalue weighted by Gasteiger charge is 2.34. The van der Waals surface area contributed by atoms with Crippen molar-refractivity contribution in [1.82, 2.24) is 10.3 Å². The van der Waals surface area contributed by atoms with Gasteiger partial charge in [-0.05, 0) is 26.5 Å². The lowest BCUT2D eigenvalue weighted by Gasteiger charge is -2.36. The molecule has 0 saturated heterocycles. The molecule has 0 aliphatic carbocycles. The van der Waals surface area contributed by atoms with Gasteiger partial charge in [-0.3, -0.25) is 4.98 Å². The molecular weight excluding hydrogens is 207 g/mol. The van der Waals surface area contributed by atoms with Crippen molar-refractivity contribution >= 4 is 0 Å². The number of hydrogen-bond acceptors (Lipinski definition) is 3. The van der Waals surface area contributed by atoms with Crippen LogP contribution in [-0.2, 0) is 4.74 Å². The summed E-state index contributed by atoms with van der Waals surface area (Å²) in [5.74, 6) is -0.307. The van der Waals surface area contributed by atoms with Crippen molar-refractivity contribution in [2.45, 2.75) is 31.9 Å². The van der Waals surface area contributed by atoms with Crippen molar-refractivity contribution in [3.05, 3.63) is 29.8 Å². The molecule has 0 saturated carbocycles. The highest BCUT2D eigenvalue weighted by atomic mass is 19.1. The van der Waals surface area contributed by atoms with Gasteiger partial charge in [0, 0.05) is 18.9 Å². The van der Waals surface area contributed by atoms with E-state index in [-0.39, 0.29) is 11.9 Å². The minimum absolute atomic E-state index is 0.189. The monoisotopic (exact) mass is 226 g/mol. The molecule has 0 aliphatic heterocycles. The summed E-state index contributed by atoms with van der Waals surface area (Å²) >= 11 is 0. The average Bonchev–Trinajstić information content (AvgIpc) is 2.32. The molecule has 0 amide bonds. The van der Waals surface area contributed by atoms with Crippen LogP contribution in [0.5, 0.6) is 0 Å². The third-order valence-electron chi connectivity index (χ3n) is 3.18. The standard InChI is InChI=1S/C12H19FN2O/c1-5-12(2,16-4)11(14-3)9-6-7-15-8-10(9)13/h6-8,11,14H,5H2,1-4H3. The van der Waals surface area contributed by atoms with E-state index < -0.39 is 5.60 Å². The van der Waals surface area contributed by atoms with Crippen LogP contribution in [0.2, 0.25) is 0 Å². The van der Waals surface area contributed by atoms with Gasteiger partial charge in [0.05, 0.1) is 17.8 Å². The largest absolute Gasteiger partial charge is 0.377 e. The summed E-state index contributed by atoms with van der Waals surface area (Å²) in [6.07, 6.45) is 3.61. The first-order chi connectivity index (χ1) is 7.59. The van der Waals surface area contributed by atoms with Crippen molar-refractivity contribution in [3.63, 3.8) is 0 Å². The number of rotatable bonds is 5. The lowest BCUT2D eigenvalue weighted by Crippen LogP contribution is -2.41. The molecule has 90 valence electrons. The maximum atomic E-state index is 13.7. The Labute approximate surface area is 96.0 Å². The molecule has 16 heavy (non-hydrogen) atoms. The molecule has 0 bridgehead atoms. The Morgan fingerprint density at radius 1 is 1.62 bits per heavy atom. The molecule has 1 heterocycles. The van der Waals surface area contributed by atoms with Crippen molar-refractivity contribution in [2.24, 2.45) is 0 Å². The summed E-state index contributed by atoms with van der Waals surface area (Å²) in [6.45, 7) is 3.99. The summed E-state index contributed by atoms with van der Waals surface area (Å²) in [5, 5.41) is 3.11. The molecule has 0 aliphatic rings. The maximum absolute atomic E-state index is 13.7. The molecule has 1 rings (SSSR count). The third kappa shape index (κ3) is 2.39. The van der Waals surface area contributed by atoms with Crippen molar-refractivity contribution < 1.29 is 9.13 Å². The molecule has 2 atom stereocenters. The van der Waals surface area contributed by atoms with Crippen LogP contribution in [0.25, 0.3) is 0 Å². The summed E-state index contributed by atoms with van der Waals surface area (Å²) in [7, 11) is 3.45. The number of ether oxygens (including phenoxy) is 1. The fourth-order valence-corrected chi connectivity index (χ4v) is 1.88. The average molecular weight is 226 g/mol. The SMILES string of the molecule is CCC(C)(OC)C(NC)c1ccncc1F. The Hall–Kier alpha value is -1.00. The lowest BCUT2D eigenvalue weighted by molar-refractivity contribution is -0.0289. The zero-order chi connectivity index (χ0) is 12.2. The van der Waals surface area contributed by atoms with Crippen molar-refractivity contribution in [1.29, 1.82) is 0 Å².